The summed E-state index contributed by atoms with van der Waals surface area (Å²) in [6.07, 6.45) is 5.59. The highest BCUT2D eigenvalue weighted by Crippen LogP contribution is 2.37. The fourth-order valence-electron chi connectivity index (χ4n) is 1.98. The van der Waals surface area contributed by atoms with Crippen molar-refractivity contribution in [3.05, 3.63) is 18.0 Å². The predicted octanol–water partition coefficient (Wildman–Crippen LogP) is 0.0743. The number of rotatable bonds is 7. The quantitative estimate of drug-likeness (QED) is 0.620. The summed E-state index contributed by atoms with van der Waals surface area (Å²) in [5, 5.41) is 2.77. The number of carbonyl (C=O) groups is 1. The number of aromatic nitrogens is 1. The molecule has 1 aromatic rings. The van der Waals surface area contributed by atoms with E-state index in [1.807, 2.05) is 4.57 Å². The van der Waals surface area contributed by atoms with E-state index in [9.17, 15) is 13.2 Å². The Hall–Kier alpha value is -1.54. The van der Waals surface area contributed by atoms with E-state index in [0.717, 1.165) is 19.1 Å². The average Bonchev–Trinajstić information content (AvgIpc) is 3.10. The van der Waals surface area contributed by atoms with E-state index in [-0.39, 0.29) is 5.91 Å². The molecule has 1 aliphatic carbocycles. The number of nitrogens with zero attached hydrogens (tertiary/aromatic N) is 1. The number of sulfonamides is 1. The summed E-state index contributed by atoms with van der Waals surface area (Å²) in [6.45, 7) is 0.724. The Morgan fingerprint density at radius 1 is 1.45 bits per heavy atom. The molecule has 1 fully saturated rings. The lowest BCUT2D eigenvalue weighted by atomic mass is 10.3. The van der Waals surface area contributed by atoms with Gasteiger partial charge in [-0.2, -0.15) is 0 Å². The van der Waals surface area contributed by atoms with Gasteiger partial charge in [-0.1, -0.05) is 0 Å². The van der Waals surface area contributed by atoms with Gasteiger partial charge in [0.05, 0.1) is 11.9 Å². The largest absolute Gasteiger partial charge is 0.397 e. The van der Waals surface area contributed by atoms with E-state index < -0.39 is 10.0 Å². The molecule has 2 rings (SSSR count). The minimum absolute atomic E-state index is 0.173. The number of anilines is 1. The fourth-order valence-corrected chi connectivity index (χ4v) is 2.49. The molecule has 0 spiro atoms. The van der Waals surface area contributed by atoms with E-state index >= 15 is 0 Å². The van der Waals surface area contributed by atoms with Gasteiger partial charge in [0.15, 0.2) is 0 Å². The fraction of sp³-hybridized carbons (Fsp3) is 0.583. The Balaban J connectivity index is 1.80. The maximum absolute atomic E-state index is 12.0. The van der Waals surface area contributed by atoms with Gasteiger partial charge in [-0.05, 0) is 25.3 Å². The zero-order valence-electron chi connectivity index (χ0n) is 11.4. The Kier molecular flexibility index (Phi) is 4.34. The van der Waals surface area contributed by atoms with Gasteiger partial charge in [0.25, 0.3) is 5.91 Å². The van der Waals surface area contributed by atoms with Crippen molar-refractivity contribution in [3.8, 4) is 0 Å². The molecular formula is C12H20N4O3S. The van der Waals surface area contributed by atoms with Gasteiger partial charge >= 0.3 is 0 Å². The number of amides is 1. The monoisotopic (exact) mass is 300 g/mol. The third kappa shape index (κ3) is 4.24. The van der Waals surface area contributed by atoms with E-state index in [2.05, 4.69) is 10.0 Å². The molecule has 0 unspecified atom stereocenters. The molecule has 0 saturated heterocycles. The van der Waals surface area contributed by atoms with Gasteiger partial charge in [0.2, 0.25) is 10.0 Å². The van der Waals surface area contributed by atoms with Gasteiger partial charge in [-0.25, -0.2) is 13.1 Å². The molecule has 7 nitrogen and oxygen atoms in total. The molecule has 1 aliphatic rings. The second kappa shape index (κ2) is 5.84. The lowest BCUT2D eigenvalue weighted by Gasteiger charge is -2.08. The van der Waals surface area contributed by atoms with Gasteiger partial charge < -0.3 is 15.6 Å². The maximum atomic E-state index is 12.0. The minimum atomic E-state index is -3.17. The number of nitrogens with one attached hydrogen (secondary N) is 2. The first-order chi connectivity index (χ1) is 9.37. The van der Waals surface area contributed by atoms with Crippen LogP contribution in [0, 0.1) is 0 Å². The van der Waals surface area contributed by atoms with E-state index in [0.29, 0.717) is 36.9 Å². The highest BCUT2D eigenvalue weighted by atomic mass is 32.2. The molecule has 112 valence electrons. The number of hydrogen-bond acceptors (Lipinski definition) is 4. The van der Waals surface area contributed by atoms with Crippen LogP contribution in [0.25, 0.3) is 0 Å². The van der Waals surface area contributed by atoms with E-state index in [1.165, 1.54) is 0 Å². The van der Waals surface area contributed by atoms with Gasteiger partial charge in [0.1, 0.15) is 5.69 Å². The molecule has 0 radical (unpaired) electrons. The van der Waals surface area contributed by atoms with Crippen molar-refractivity contribution in [2.45, 2.75) is 25.3 Å². The summed E-state index contributed by atoms with van der Waals surface area (Å²) >= 11 is 0. The van der Waals surface area contributed by atoms with Crippen molar-refractivity contribution in [1.29, 1.82) is 0 Å². The van der Waals surface area contributed by atoms with Crippen molar-refractivity contribution >= 4 is 21.6 Å². The van der Waals surface area contributed by atoms with Crippen LogP contribution in [0.3, 0.4) is 0 Å². The molecule has 4 N–H and O–H groups in total. The Morgan fingerprint density at radius 2 is 2.15 bits per heavy atom. The summed E-state index contributed by atoms with van der Waals surface area (Å²) in [5.74, 6) is -0.173. The summed E-state index contributed by atoms with van der Waals surface area (Å²) in [6, 6.07) is 2.06. The van der Waals surface area contributed by atoms with Crippen LogP contribution in [0.2, 0.25) is 0 Å². The third-order valence-electron chi connectivity index (χ3n) is 3.05. The number of hydrogen-bond donors (Lipinski definition) is 3. The number of nitrogen functional groups attached to an aromatic ring is 1. The van der Waals surface area contributed by atoms with Crippen molar-refractivity contribution in [2.24, 2.45) is 0 Å². The van der Waals surface area contributed by atoms with Crippen LogP contribution >= 0.6 is 0 Å². The van der Waals surface area contributed by atoms with Crippen LogP contribution in [-0.4, -0.2) is 38.2 Å². The van der Waals surface area contributed by atoms with Gasteiger partial charge in [-0.3, -0.25) is 4.79 Å². The first-order valence-corrected chi connectivity index (χ1v) is 8.46. The zero-order chi connectivity index (χ0) is 14.8. The highest BCUT2D eigenvalue weighted by Gasteiger charge is 2.27. The van der Waals surface area contributed by atoms with Crippen LogP contribution in [0.15, 0.2) is 12.3 Å². The van der Waals surface area contributed by atoms with Crippen molar-refractivity contribution in [3.63, 3.8) is 0 Å². The topological polar surface area (TPSA) is 106 Å². The Morgan fingerprint density at radius 3 is 2.75 bits per heavy atom. The number of nitrogens with two attached hydrogens (primary N) is 1. The predicted molar refractivity (Wildman–Crippen MR) is 76.9 cm³/mol. The molecule has 0 aromatic carbocycles. The van der Waals surface area contributed by atoms with Crippen LogP contribution in [-0.2, 0) is 10.0 Å². The highest BCUT2D eigenvalue weighted by molar-refractivity contribution is 7.88. The van der Waals surface area contributed by atoms with Crippen LogP contribution in [0.5, 0.6) is 0 Å². The van der Waals surface area contributed by atoms with Gasteiger partial charge in [-0.15, -0.1) is 0 Å². The van der Waals surface area contributed by atoms with Crippen molar-refractivity contribution in [2.75, 3.05) is 25.1 Å². The molecule has 20 heavy (non-hydrogen) atoms. The molecule has 1 amide bonds. The molecule has 0 atom stereocenters. The zero-order valence-corrected chi connectivity index (χ0v) is 12.2. The second-order valence-electron chi connectivity index (χ2n) is 5.07. The minimum Gasteiger partial charge on any atom is -0.397 e. The lowest BCUT2D eigenvalue weighted by Crippen LogP contribution is -2.30. The summed E-state index contributed by atoms with van der Waals surface area (Å²) in [5.41, 5.74) is 6.88. The summed E-state index contributed by atoms with van der Waals surface area (Å²) in [7, 11) is -3.17. The second-order valence-corrected chi connectivity index (χ2v) is 6.91. The molecule has 8 heteroatoms. The molecular weight excluding hydrogens is 280 g/mol. The maximum Gasteiger partial charge on any atom is 0.267 e. The van der Waals surface area contributed by atoms with Crippen molar-refractivity contribution in [1.82, 2.24) is 14.6 Å². The molecule has 1 aromatic heterocycles. The van der Waals surface area contributed by atoms with Gasteiger partial charge in [0, 0.05) is 25.3 Å². The molecule has 0 bridgehead atoms. The Bertz CT molecular complexity index is 590. The SMILES string of the molecule is CS(=O)(=O)NCCCNC(=O)c1cc(N)cn1C1CC1. The average molecular weight is 300 g/mol. The molecule has 0 aliphatic heterocycles. The standard InChI is InChI=1S/C12H20N4O3S/c1-20(18,19)15-6-2-5-14-12(17)11-7-9(13)8-16(11)10-3-4-10/h7-8,10,15H,2-6,13H2,1H3,(H,14,17). The first kappa shape index (κ1) is 14.9. The van der Waals surface area contributed by atoms with Crippen LogP contribution in [0.4, 0.5) is 5.69 Å². The Labute approximate surface area is 118 Å². The first-order valence-electron chi connectivity index (χ1n) is 6.57. The third-order valence-corrected chi connectivity index (χ3v) is 3.77. The lowest BCUT2D eigenvalue weighted by molar-refractivity contribution is 0.0944. The number of carbonyl (C=O) groups excluding carboxylic acids is 1. The smallest absolute Gasteiger partial charge is 0.267 e. The van der Waals surface area contributed by atoms with Crippen LogP contribution in [0.1, 0.15) is 35.8 Å². The normalized spacial score (nSPS) is 15.2. The van der Waals surface area contributed by atoms with E-state index in [4.69, 9.17) is 5.73 Å². The molecule has 1 heterocycles. The van der Waals surface area contributed by atoms with Crippen molar-refractivity contribution < 1.29 is 13.2 Å². The summed E-state index contributed by atoms with van der Waals surface area (Å²) < 4.78 is 26.0. The molecule has 1 saturated carbocycles. The van der Waals surface area contributed by atoms with E-state index in [1.54, 1.807) is 12.3 Å². The van der Waals surface area contributed by atoms with Crippen LogP contribution < -0.4 is 15.8 Å². The summed E-state index contributed by atoms with van der Waals surface area (Å²) in [4.78, 5) is 12.0.